The molecule has 11 heteroatoms. The molecule has 204 valence electrons. The van der Waals surface area contributed by atoms with Crippen LogP contribution in [0, 0.1) is 11.2 Å². The molecule has 0 spiro atoms. The minimum Gasteiger partial charge on any atom is -0.494 e. The van der Waals surface area contributed by atoms with Crippen molar-refractivity contribution in [2.75, 3.05) is 20.3 Å². The van der Waals surface area contributed by atoms with Crippen molar-refractivity contribution in [1.29, 1.82) is 0 Å². The van der Waals surface area contributed by atoms with E-state index >= 15 is 0 Å². The van der Waals surface area contributed by atoms with Crippen LogP contribution in [0.4, 0.5) is 4.39 Å². The third-order valence-corrected chi connectivity index (χ3v) is 5.88. The smallest absolute Gasteiger partial charge is 0.328 e. The van der Waals surface area contributed by atoms with Crippen LogP contribution in [-0.4, -0.2) is 53.9 Å². The summed E-state index contributed by atoms with van der Waals surface area (Å²) in [7, 11) is 1.28. The number of benzene rings is 2. The Morgan fingerprint density at radius 1 is 1.13 bits per heavy atom. The van der Waals surface area contributed by atoms with Gasteiger partial charge in [-0.1, -0.05) is 32.9 Å². The minimum absolute atomic E-state index is 0.0611. The van der Waals surface area contributed by atoms with E-state index in [1.165, 1.54) is 19.2 Å². The Bertz CT molecular complexity index is 1290. The van der Waals surface area contributed by atoms with Crippen LogP contribution in [0.5, 0.6) is 5.75 Å². The molecule has 0 aliphatic rings. The maximum atomic E-state index is 13.4. The van der Waals surface area contributed by atoms with Crippen molar-refractivity contribution < 1.29 is 23.5 Å². The molecule has 0 fully saturated rings. The molecule has 2 aromatic carbocycles. The maximum absolute atomic E-state index is 13.4. The summed E-state index contributed by atoms with van der Waals surface area (Å²) in [5.74, 6) is -0.728. The van der Waals surface area contributed by atoms with Gasteiger partial charge >= 0.3 is 5.97 Å². The minimum atomic E-state index is -0.876. The number of unbranched alkanes of at least 4 members (excludes halogenated alkanes) is 1. The van der Waals surface area contributed by atoms with Crippen LogP contribution in [0.15, 0.2) is 47.5 Å². The molecular weight excluding hydrogens is 491 g/mol. The summed E-state index contributed by atoms with van der Waals surface area (Å²) in [6, 6.07) is 10.5. The van der Waals surface area contributed by atoms with Crippen molar-refractivity contribution in [3.8, 4) is 5.75 Å². The lowest BCUT2D eigenvalue weighted by atomic mass is 9.86. The Labute approximate surface area is 221 Å². The van der Waals surface area contributed by atoms with Crippen LogP contribution in [0.3, 0.4) is 0 Å². The summed E-state index contributed by atoms with van der Waals surface area (Å²) in [4.78, 5) is 29.7. The number of halogens is 1. The lowest BCUT2D eigenvalue weighted by molar-refractivity contribution is -0.145. The number of nitrogens with one attached hydrogen (secondary N) is 1. The van der Waals surface area contributed by atoms with Crippen LogP contribution in [-0.2, 0) is 16.1 Å². The zero-order valence-electron chi connectivity index (χ0n) is 22.2. The van der Waals surface area contributed by atoms with E-state index in [2.05, 4.69) is 15.4 Å². The van der Waals surface area contributed by atoms with Crippen LogP contribution in [0.25, 0.3) is 10.9 Å². The van der Waals surface area contributed by atoms with E-state index in [0.717, 1.165) is 18.4 Å². The van der Waals surface area contributed by atoms with E-state index in [9.17, 15) is 14.0 Å². The number of hydrogen-bond acceptors (Lipinski definition) is 6. The van der Waals surface area contributed by atoms with Gasteiger partial charge in [0.05, 0.1) is 25.8 Å². The molecule has 1 amide bonds. The molecule has 0 bridgehead atoms. The lowest BCUT2D eigenvalue weighted by Gasteiger charge is -2.28. The Morgan fingerprint density at radius 2 is 1.84 bits per heavy atom. The second-order valence-electron chi connectivity index (χ2n) is 9.97. The number of carbonyl (C=O) groups is 2. The van der Waals surface area contributed by atoms with Crippen LogP contribution < -0.4 is 21.5 Å². The van der Waals surface area contributed by atoms with Gasteiger partial charge in [0.25, 0.3) is 5.91 Å². The largest absolute Gasteiger partial charge is 0.494 e. The zero-order chi connectivity index (χ0) is 27.9. The number of ether oxygens (including phenoxy) is 2. The molecule has 0 unspecified atom stereocenters. The number of methoxy groups -OCH3 is 1. The van der Waals surface area contributed by atoms with Crippen molar-refractivity contribution in [2.45, 2.75) is 46.2 Å². The molecule has 0 saturated carbocycles. The van der Waals surface area contributed by atoms with Gasteiger partial charge in [-0.3, -0.25) is 14.5 Å². The Balaban J connectivity index is 1.90. The first kappa shape index (κ1) is 28.4. The molecule has 1 atom stereocenters. The van der Waals surface area contributed by atoms with E-state index in [1.54, 1.807) is 35.0 Å². The summed E-state index contributed by atoms with van der Waals surface area (Å²) in [6.07, 6.45) is 1.52. The lowest BCUT2D eigenvalue weighted by Crippen LogP contribution is -2.49. The second-order valence-corrected chi connectivity index (χ2v) is 9.97. The summed E-state index contributed by atoms with van der Waals surface area (Å²) < 4.78 is 25.9. The van der Waals surface area contributed by atoms with Gasteiger partial charge in [0, 0.05) is 18.0 Å². The second kappa shape index (κ2) is 12.4. The molecule has 1 heterocycles. The van der Waals surface area contributed by atoms with Gasteiger partial charge in [-0.25, -0.2) is 9.18 Å². The van der Waals surface area contributed by atoms with Crippen molar-refractivity contribution in [3.05, 3.63) is 59.5 Å². The van der Waals surface area contributed by atoms with E-state index in [1.807, 2.05) is 20.8 Å². The van der Waals surface area contributed by atoms with E-state index in [0.29, 0.717) is 36.3 Å². The number of aliphatic imine (C=N–C) groups is 1. The summed E-state index contributed by atoms with van der Waals surface area (Å²) >= 11 is 0. The number of carbonyl (C=O) groups excluding carboxylic acids is 2. The molecule has 10 nitrogen and oxygen atoms in total. The first-order valence-electron chi connectivity index (χ1n) is 12.3. The van der Waals surface area contributed by atoms with Gasteiger partial charge < -0.3 is 26.3 Å². The van der Waals surface area contributed by atoms with E-state index in [4.69, 9.17) is 20.9 Å². The molecule has 0 saturated heterocycles. The fourth-order valence-electron chi connectivity index (χ4n) is 3.85. The summed E-state index contributed by atoms with van der Waals surface area (Å²) in [5, 5.41) is 7.93. The summed E-state index contributed by atoms with van der Waals surface area (Å²) in [6.45, 7) is 6.78. The highest BCUT2D eigenvalue weighted by molar-refractivity contribution is 6.06. The predicted molar refractivity (Wildman–Crippen MR) is 143 cm³/mol. The van der Waals surface area contributed by atoms with Gasteiger partial charge in [-0.15, -0.1) is 0 Å². The van der Waals surface area contributed by atoms with Gasteiger partial charge in [0.2, 0.25) is 0 Å². The first-order chi connectivity index (χ1) is 18.0. The number of hydrogen-bond donors (Lipinski definition) is 3. The van der Waals surface area contributed by atoms with Crippen LogP contribution in [0.2, 0.25) is 0 Å². The van der Waals surface area contributed by atoms with Gasteiger partial charge in [0.15, 0.2) is 11.7 Å². The van der Waals surface area contributed by atoms with E-state index in [-0.39, 0.29) is 17.5 Å². The maximum Gasteiger partial charge on any atom is 0.328 e. The molecule has 0 aliphatic heterocycles. The molecule has 0 aliphatic carbocycles. The van der Waals surface area contributed by atoms with Gasteiger partial charge in [0.1, 0.15) is 17.6 Å². The van der Waals surface area contributed by atoms with Crippen molar-refractivity contribution >= 4 is 28.7 Å². The highest BCUT2D eigenvalue weighted by atomic mass is 19.1. The number of nitrogens with two attached hydrogens (primary N) is 2. The highest BCUT2D eigenvalue weighted by Gasteiger charge is 2.35. The molecule has 5 N–H and O–H groups in total. The number of aromatic nitrogens is 2. The molecule has 0 radical (unpaired) electrons. The van der Waals surface area contributed by atoms with Crippen molar-refractivity contribution in [3.63, 3.8) is 0 Å². The number of rotatable bonds is 11. The van der Waals surface area contributed by atoms with Crippen LogP contribution >= 0.6 is 0 Å². The zero-order valence-corrected chi connectivity index (χ0v) is 22.2. The SMILES string of the molecule is COC(=O)[C@@H](NC(=O)c1nn(Cc2ccc(F)cc2)c2cc(OCCCCN=C(N)N)ccc12)C(C)(C)C. The normalized spacial score (nSPS) is 12.1. The molecule has 38 heavy (non-hydrogen) atoms. The number of nitrogens with zero attached hydrogens (tertiary/aromatic N) is 3. The number of guanidine groups is 1. The highest BCUT2D eigenvalue weighted by Crippen LogP contribution is 2.27. The molecule has 3 aromatic rings. The average Bonchev–Trinajstić information content (AvgIpc) is 3.22. The Kier molecular flexibility index (Phi) is 9.27. The molecule has 3 rings (SSSR count). The standard InChI is InChI=1S/C27H35FN6O4/c1-27(2,3)23(25(36)37-4)32-24(35)22-20-12-11-19(38-14-6-5-13-31-26(29)30)15-21(20)34(33-22)16-17-7-9-18(28)10-8-17/h7-12,15,23H,5-6,13-14,16H2,1-4H3,(H,32,35)(H4,29,30,31)/t23-/m1/s1. The number of amides is 1. The van der Waals surface area contributed by atoms with Crippen molar-refractivity contribution in [2.24, 2.45) is 21.9 Å². The molecule has 1 aromatic heterocycles. The number of fused-ring (bicyclic) bond motifs is 1. The van der Waals surface area contributed by atoms with E-state index < -0.39 is 23.3 Å². The number of esters is 1. The van der Waals surface area contributed by atoms with Gasteiger partial charge in [-0.2, -0.15) is 5.10 Å². The van der Waals surface area contributed by atoms with Crippen LogP contribution in [0.1, 0.15) is 49.7 Å². The average molecular weight is 527 g/mol. The fraction of sp³-hybridized carbons (Fsp3) is 0.407. The third-order valence-electron chi connectivity index (χ3n) is 5.88. The fourth-order valence-corrected chi connectivity index (χ4v) is 3.85. The monoisotopic (exact) mass is 526 g/mol. The third kappa shape index (κ3) is 7.44. The first-order valence-corrected chi connectivity index (χ1v) is 12.3. The molecular formula is C27H35FN6O4. The quantitative estimate of drug-likeness (QED) is 0.151. The predicted octanol–water partition coefficient (Wildman–Crippen LogP) is 2.97. The van der Waals surface area contributed by atoms with Gasteiger partial charge in [-0.05, 0) is 48.1 Å². The van der Waals surface area contributed by atoms with Crippen molar-refractivity contribution in [1.82, 2.24) is 15.1 Å². The Hall–Kier alpha value is -4.15. The topological polar surface area (TPSA) is 147 Å². The summed E-state index contributed by atoms with van der Waals surface area (Å²) in [5.41, 5.74) is 11.7. The Morgan fingerprint density at radius 3 is 2.47 bits per heavy atom.